The summed E-state index contributed by atoms with van der Waals surface area (Å²) in [5, 5.41) is 7.97. The highest BCUT2D eigenvalue weighted by Crippen LogP contribution is 2.32. The molecule has 0 bridgehead atoms. The molecule has 1 N–H and O–H groups in total. The van der Waals surface area contributed by atoms with Gasteiger partial charge in [0.2, 0.25) is 0 Å². The average molecular weight is 225 g/mol. The molecule has 0 aliphatic carbocycles. The molecular formula is C12H19NOS. The largest absolute Gasteiger partial charge is 0.378 e. The second kappa shape index (κ2) is 5.10. The third kappa shape index (κ3) is 2.60. The average Bonchev–Trinajstić information content (AvgIpc) is 2.85. The summed E-state index contributed by atoms with van der Waals surface area (Å²) in [6.07, 6.45) is 1.60. The van der Waals surface area contributed by atoms with Crippen LogP contribution in [0.3, 0.4) is 0 Å². The van der Waals surface area contributed by atoms with E-state index in [0.717, 1.165) is 13.2 Å². The Morgan fingerprint density at radius 3 is 3.07 bits per heavy atom. The van der Waals surface area contributed by atoms with Gasteiger partial charge in [-0.1, -0.05) is 6.92 Å². The van der Waals surface area contributed by atoms with Crippen molar-refractivity contribution in [3.63, 3.8) is 0 Å². The molecule has 1 aromatic heterocycles. The third-order valence-corrected chi connectivity index (χ3v) is 3.73. The minimum absolute atomic E-state index is 0.426. The van der Waals surface area contributed by atoms with Gasteiger partial charge in [-0.25, -0.2) is 0 Å². The number of nitrogens with one attached hydrogen (secondary N) is 1. The fraction of sp³-hybridized carbons (Fsp3) is 0.667. The number of thiophene rings is 1. The topological polar surface area (TPSA) is 21.3 Å². The Morgan fingerprint density at radius 2 is 2.53 bits per heavy atom. The van der Waals surface area contributed by atoms with Crippen molar-refractivity contribution in [2.45, 2.75) is 32.4 Å². The lowest BCUT2D eigenvalue weighted by Gasteiger charge is -2.22. The van der Waals surface area contributed by atoms with Crippen molar-refractivity contribution >= 4 is 11.3 Å². The lowest BCUT2D eigenvalue weighted by molar-refractivity contribution is 0.117. The van der Waals surface area contributed by atoms with Crippen LogP contribution >= 0.6 is 11.3 Å². The first kappa shape index (κ1) is 11.1. The van der Waals surface area contributed by atoms with Crippen molar-refractivity contribution in [1.82, 2.24) is 5.32 Å². The molecule has 3 heteroatoms. The summed E-state index contributed by atoms with van der Waals surface area (Å²) in [6, 6.07) is 2.70. The van der Waals surface area contributed by atoms with Gasteiger partial charge in [0.05, 0.1) is 12.7 Å². The van der Waals surface area contributed by atoms with E-state index in [-0.39, 0.29) is 0 Å². The normalized spacial score (nSPS) is 28.1. The number of hydrogen-bond donors (Lipinski definition) is 1. The van der Waals surface area contributed by atoms with Gasteiger partial charge in [-0.3, -0.25) is 0 Å². The molecule has 0 amide bonds. The highest BCUT2D eigenvalue weighted by Gasteiger charge is 2.30. The van der Waals surface area contributed by atoms with Gasteiger partial charge in [-0.2, -0.15) is 11.3 Å². The summed E-state index contributed by atoms with van der Waals surface area (Å²) in [7, 11) is 0. The second-order valence-electron chi connectivity index (χ2n) is 4.23. The zero-order valence-corrected chi connectivity index (χ0v) is 10.2. The van der Waals surface area contributed by atoms with Crippen molar-refractivity contribution in [2.24, 2.45) is 5.92 Å². The quantitative estimate of drug-likeness (QED) is 0.851. The fourth-order valence-electron chi connectivity index (χ4n) is 2.31. The monoisotopic (exact) mass is 225 g/mol. The standard InChI is InChI=1S/C12H19NOS/c1-3-13-12(10-4-5-15-8-10)11-6-9(2)14-7-11/h4-5,8-9,11-13H,3,6-7H2,1-2H3. The van der Waals surface area contributed by atoms with Crippen molar-refractivity contribution in [2.75, 3.05) is 13.2 Å². The lowest BCUT2D eigenvalue weighted by Crippen LogP contribution is -2.28. The zero-order chi connectivity index (χ0) is 10.7. The maximum Gasteiger partial charge on any atom is 0.0551 e. The molecular weight excluding hydrogens is 206 g/mol. The van der Waals surface area contributed by atoms with E-state index in [1.165, 1.54) is 12.0 Å². The highest BCUT2D eigenvalue weighted by molar-refractivity contribution is 7.07. The molecule has 1 aromatic rings. The summed E-state index contributed by atoms with van der Waals surface area (Å²) in [4.78, 5) is 0. The smallest absolute Gasteiger partial charge is 0.0551 e. The Hall–Kier alpha value is -0.380. The van der Waals surface area contributed by atoms with E-state index in [1.54, 1.807) is 11.3 Å². The Kier molecular flexibility index (Phi) is 3.78. The van der Waals surface area contributed by atoms with E-state index in [1.807, 2.05) is 0 Å². The van der Waals surface area contributed by atoms with Crippen LogP contribution in [0.2, 0.25) is 0 Å². The molecule has 0 radical (unpaired) electrons. The summed E-state index contributed by atoms with van der Waals surface area (Å²) in [5.41, 5.74) is 1.42. The van der Waals surface area contributed by atoms with Crippen LogP contribution in [0.5, 0.6) is 0 Å². The van der Waals surface area contributed by atoms with Gasteiger partial charge in [0, 0.05) is 12.0 Å². The zero-order valence-electron chi connectivity index (χ0n) is 9.40. The van der Waals surface area contributed by atoms with Gasteiger partial charge in [-0.15, -0.1) is 0 Å². The minimum atomic E-state index is 0.426. The van der Waals surface area contributed by atoms with Gasteiger partial charge < -0.3 is 10.1 Å². The van der Waals surface area contributed by atoms with E-state index in [2.05, 4.69) is 36.0 Å². The second-order valence-corrected chi connectivity index (χ2v) is 5.01. The molecule has 15 heavy (non-hydrogen) atoms. The maximum absolute atomic E-state index is 5.65. The van der Waals surface area contributed by atoms with Gasteiger partial charge >= 0.3 is 0 Å². The number of ether oxygens (including phenoxy) is 1. The van der Waals surface area contributed by atoms with Crippen LogP contribution in [0.25, 0.3) is 0 Å². The molecule has 1 saturated heterocycles. The number of hydrogen-bond acceptors (Lipinski definition) is 3. The van der Waals surface area contributed by atoms with Crippen LogP contribution in [0, 0.1) is 5.92 Å². The molecule has 1 fully saturated rings. The predicted octanol–water partition coefficient (Wildman–Crippen LogP) is 2.82. The molecule has 0 spiro atoms. The Bertz CT molecular complexity index is 286. The van der Waals surface area contributed by atoms with Crippen molar-refractivity contribution in [3.05, 3.63) is 22.4 Å². The van der Waals surface area contributed by atoms with Crippen molar-refractivity contribution < 1.29 is 4.74 Å². The van der Waals surface area contributed by atoms with Crippen LogP contribution in [0.4, 0.5) is 0 Å². The Labute approximate surface area is 95.6 Å². The number of rotatable bonds is 4. The molecule has 1 aliphatic heterocycles. The first-order valence-corrected chi connectivity index (χ1v) is 6.62. The molecule has 2 heterocycles. The first-order valence-electron chi connectivity index (χ1n) is 5.68. The van der Waals surface area contributed by atoms with Gasteiger partial charge in [0.15, 0.2) is 0 Å². The molecule has 3 atom stereocenters. The lowest BCUT2D eigenvalue weighted by atomic mass is 9.92. The molecule has 0 aromatic carbocycles. The van der Waals surface area contributed by atoms with Crippen molar-refractivity contribution in [1.29, 1.82) is 0 Å². The molecule has 2 rings (SSSR count). The van der Waals surface area contributed by atoms with E-state index >= 15 is 0 Å². The van der Waals surface area contributed by atoms with Gasteiger partial charge in [-0.05, 0) is 42.3 Å². The summed E-state index contributed by atoms with van der Waals surface area (Å²) < 4.78 is 5.65. The molecule has 2 nitrogen and oxygen atoms in total. The summed E-state index contributed by atoms with van der Waals surface area (Å²) in [6.45, 7) is 6.25. The third-order valence-electron chi connectivity index (χ3n) is 3.03. The summed E-state index contributed by atoms with van der Waals surface area (Å²) >= 11 is 1.77. The van der Waals surface area contributed by atoms with E-state index in [0.29, 0.717) is 18.1 Å². The maximum atomic E-state index is 5.65. The molecule has 84 valence electrons. The predicted molar refractivity (Wildman–Crippen MR) is 64.3 cm³/mol. The van der Waals surface area contributed by atoms with Crippen LogP contribution in [0.1, 0.15) is 31.9 Å². The minimum Gasteiger partial charge on any atom is -0.378 e. The molecule has 3 unspecified atom stereocenters. The SMILES string of the molecule is CCNC(c1ccsc1)C1COC(C)C1. The van der Waals surface area contributed by atoms with Crippen molar-refractivity contribution in [3.8, 4) is 0 Å². The fourth-order valence-corrected chi connectivity index (χ4v) is 3.01. The van der Waals surface area contributed by atoms with Crippen LogP contribution in [-0.4, -0.2) is 19.3 Å². The van der Waals surface area contributed by atoms with E-state index in [9.17, 15) is 0 Å². The highest BCUT2D eigenvalue weighted by atomic mass is 32.1. The summed E-state index contributed by atoms with van der Waals surface area (Å²) in [5.74, 6) is 0.634. The van der Waals surface area contributed by atoms with Gasteiger partial charge in [0.25, 0.3) is 0 Å². The molecule has 1 aliphatic rings. The van der Waals surface area contributed by atoms with Crippen LogP contribution in [-0.2, 0) is 4.74 Å². The van der Waals surface area contributed by atoms with Crippen LogP contribution in [0.15, 0.2) is 16.8 Å². The molecule has 0 saturated carbocycles. The first-order chi connectivity index (χ1) is 7.31. The Morgan fingerprint density at radius 1 is 1.67 bits per heavy atom. The Balaban J connectivity index is 2.06. The van der Waals surface area contributed by atoms with Crippen LogP contribution < -0.4 is 5.32 Å². The van der Waals surface area contributed by atoms with E-state index in [4.69, 9.17) is 4.74 Å². The van der Waals surface area contributed by atoms with E-state index < -0.39 is 0 Å². The van der Waals surface area contributed by atoms with Gasteiger partial charge in [0.1, 0.15) is 0 Å².